The smallest absolute Gasteiger partial charge is 0.335 e. The highest BCUT2D eigenvalue weighted by molar-refractivity contribution is 7.99. The Morgan fingerprint density at radius 3 is 2.83 bits per heavy atom. The van der Waals surface area contributed by atoms with Crippen LogP contribution in [0.5, 0.6) is 5.75 Å². The molecule has 0 fully saturated rings. The third-order valence-electron chi connectivity index (χ3n) is 4.11. The fourth-order valence-electron chi connectivity index (χ4n) is 2.72. The highest BCUT2D eigenvalue weighted by atomic mass is 32.2. The molecule has 0 radical (unpaired) electrons. The molecule has 2 N–H and O–H groups in total. The first-order chi connectivity index (χ1) is 14.1. The molecule has 0 aliphatic rings. The first kappa shape index (κ1) is 19.3. The van der Waals surface area contributed by atoms with E-state index in [4.69, 9.17) is 14.3 Å². The van der Waals surface area contributed by atoms with Crippen molar-refractivity contribution >= 4 is 39.3 Å². The van der Waals surface area contributed by atoms with E-state index in [-0.39, 0.29) is 11.1 Å². The Morgan fingerprint density at radius 1 is 1.28 bits per heavy atom. The van der Waals surface area contributed by atoms with Gasteiger partial charge in [0.25, 0.3) is 5.56 Å². The molecule has 0 spiro atoms. The van der Waals surface area contributed by atoms with Crippen molar-refractivity contribution in [1.82, 2.24) is 9.97 Å². The number of furan rings is 1. The van der Waals surface area contributed by atoms with Gasteiger partial charge in [0.2, 0.25) is 0 Å². The second-order valence-corrected chi connectivity index (χ2v) is 8.00. The van der Waals surface area contributed by atoms with Crippen LogP contribution in [0, 0.1) is 0 Å². The van der Waals surface area contributed by atoms with Crippen LogP contribution in [0.4, 0.5) is 0 Å². The Balaban J connectivity index is 1.33. The van der Waals surface area contributed by atoms with Gasteiger partial charge in [-0.1, -0.05) is 11.8 Å². The Kier molecular flexibility index (Phi) is 5.68. The van der Waals surface area contributed by atoms with Crippen molar-refractivity contribution in [3.8, 4) is 17.1 Å². The number of hydrogen-bond donors (Lipinski definition) is 2. The topological polar surface area (TPSA) is 105 Å². The lowest BCUT2D eigenvalue weighted by molar-refractivity contribution is 0.0697. The first-order valence-corrected chi connectivity index (χ1v) is 10.6. The summed E-state index contributed by atoms with van der Waals surface area (Å²) < 4.78 is 11.0. The van der Waals surface area contributed by atoms with Crippen LogP contribution in [0.3, 0.4) is 0 Å². The van der Waals surface area contributed by atoms with E-state index >= 15 is 0 Å². The predicted octanol–water partition coefficient (Wildman–Crippen LogP) is 4.50. The molecule has 0 atom stereocenters. The average Bonchev–Trinajstić information content (AvgIpc) is 3.38. The molecule has 148 valence electrons. The summed E-state index contributed by atoms with van der Waals surface area (Å²) in [6, 6.07) is 9.89. The van der Waals surface area contributed by atoms with E-state index in [0.717, 1.165) is 17.7 Å². The third kappa shape index (κ3) is 4.36. The highest BCUT2D eigenvalue weighted by Gasteiger charge is 2.14. The van der Waals surface area contributed by atoms with Crippen LogP contribution in [0.25, 0.3) is 21.5 Å². The van der Waals surface area contributed by atoms with E-state index in [9.17, 15) is 9.59 Å². The second-order valence-electron chi connectivity index (χ2n) is 6.06. The van der Waals surface area contributed by atoms with Crippen LogP contribution >= 0.6 is 23.1 Å². The zero-order chi connectivity index (χ0) is 20.2. The number of aromatic nitrogens is 2. The van der Waals surface area contributed by atoms with Gasteiger partial charge in [-0.3, -0.25) is 4.79 Å². The van der Waals surface area contributed by atoms with E-state index in [1.807, 2.05) is 11.4 Å². The number of aromatic carboxylic acids is 1. The normalized spacial score (nSPS) is 11.0. The first-order valence-electron chi connectivity index (χ1n) is 8.76. The molecule has 9 heteroatoms. The van der Waals surface area contributed by atoms with E-state index < -0.39 is 5.97 Å². The van der Waals surface area contributed by atoms with Crippen molar-refractivity contribution in [3.05, 3.63) is 64.0 Å². The standard InChI is InChI=1S/C20H16N2O5S2/c23-17-16-14(15-3-1-8-27-15)11-29-18(16)22-20(21-17)28-10-2-9-26-13-6-4-12(5-7-13)19(24)25/h1,3-8,11H,2,9-10H2,(H,24,25)(H,21,22,23). The molecule has 0 aliphatic heterocycles. The minimum Gasteiger partial charge on any atom is -0.494 e. The van der Waals surface area contributed by atoms with Gasteiger partial charge in [0.1, 0.15) is 16.3 Å². The minimum atomic E-state index is -0.964. The van der Waals surface area contributed by atoms with Gasteiger partial charge in [-0.15, -0.1) is 11.3 Å². The number of ether oxygens (including phenoxy) is 1. The number of thioether (sulfide) groups is 1. The summed E-state index contributed by atoms with van der Waals surface area (Å²) in [5.41, 5.74) is 0.796. The van der Waals surface area contributed by atoms with Crippen LogP contribution in [-0.2, 0) is 0 Å². The second kappa shape index (κ2) is 8.54. The van der Waals surface area contributed by atoms with Gasteiger partial charge >= 0.3 is 5.97 Å². The Labute approximate surface area is 173 Å². The molecule has 3 aromatic heterocycles. The SMILES string of the molecule is O=C(O)c1ccc(OCCCSc2nc3scc(-c4ccco4)c3c(=O)[nH]2)cc1. The van der Waals surface area contributed by atoms with E-state index in [0.29, 0.717) is 33.5 Å². The zero-order valence-corrected chi connectivity index (χ0v) is 16.7. The lowest BCUT2D eigenvalue weighted by Gasteiger charge is -2.06. The van der Waals surface area contributed by atoms with Gasteiger partial charge in [0, 0.05) is 16.7 Å². The summed E-state index contributed by atoms with van der Waals surface area (Å²) >= 11 is 2.87. The van der Waals surface area contributed by atoms with Gasteiger partial charge in [0.05, 0.1) is 23.8 Å². The number of benzene rings is 1. The summed E-state index contributed by atoms with van der Waals surface area (Å²) in [5, 5.41) is 11.9. The predicted molar refractivity (Wildman–Crippen MR) is 112 cm³/mol. The number of carboxylic acid groups (broad SMARTS) is 1. The van der Waals surface area contributed by atoms with Crippen molar-refractivity contribution < 1.29 is 19.1 Å². The zero-order valence-electron chi connectivity index (χ0n) is 15.1. The number of fused-ring (bicyclic) bond motifs is 1. The van der Waals surface area contributed by atoms with Gasteiger partial charge in [-0.25, -0.2) is 9.78 Å². The van der Waals surface area contributed by atoms with Crippen molar-refractivity contribution in [1.29, 1.82) is 0 Å². The van der Waals surface area contributed by atoms with Crippen molar-refractivity contribution in [3.63, 3.8) is 0 Å². The van der Waals surface area contributed by atoms with E-state index in [2.05, 4.69) is 9.97 Å². The van der Waals surface area contributed by atoms with Crippen LogP contribution in [0.2, 0.25) is 0 Å². The highest BCUT2D eigenvalue weighted by Crippen LogP contribution is 2.31. The lowest BCUT2D eigenvalue weighted by atomic mass is 10.2. The summed E-state index contributed by atoms with van der Waals surface area (Å²) in [4.78, 5) is 31.4. The molecule has 0 aliphatic carbocycles. The van der Waals surface area contributed by atoms with Crippen LogP contribution in [0.1, 0.15) is 16.8 Å². The van der Waals surface area contributed by atoms with Crippen LogP contribution in [-0.4, -0.2) is 33.4 Å². The molecule has 0 amide bonds. The Morgan fingerprint density at radius 2 is 2.10 bits per heavy atom. The van der Waals surface area contributed by atoms with Crippen molar-refractivity contribution in [2.45, 2.75) is 11.6 Å². The molecular formula is C20H16N2O5S2. The van der Waals surface area contributed by atoms with E-state index in [1.165, 1.54) is 35.2 Å². The largest absolute Gasteiger partial charge is 0.494 e. The minimum absolute atomic E-state index is 0.181. The molecule has 0 unspecified atom stereocenters. The Hall–Kier alpha value is -3.04. The van der Waals surface area contributed by atoms with Gasteiger partial charge in [-0.2, -0.15) is 0 Å². The number of nitrogens with one attached hydrogen (secondary N) is 1. The van der Waals surface area contributed by atoms with Crippen LogP contribution in [0.15, 0.2) is 62.4 Å². The number of nitrogens with zero attached hydrogens (tertiary/aromatic N) is 1. The summed E-state index contributed by atoms with van der Waals surface area (Å²) in [6.45, 7) is 0.480. The average molecular weight is 428 g/mol. The molecule has 0 saturated carbocycles. The monoisotopic (exact) mass is 428 g/mol. The number of carboxylic acids is 1. The van der Waals surface area contributed by atoms with Crippen molar-refractivity contribution in [2.24, 2.45) is 0 Å². The Bertz CT molecular complexity index is 1180. The molecular weight excluding hydrogens is 412 g/mol. The molecule has 0 bridgehead atoms. The van der Waals surface area contributed by atoms with Crippen LogP contribution < -0.4 is 10.3 Å². The van der Waals surface area contributed by atoms with Gasteiger partial charge < -0.3 is 19.2 Å². The molecule has 4 rings (SSSR count). The number of carbonyl (C=O) groups is 1. The number of rotatable bonds is 8. The lowest BCUT2D eigenvalue weighted by Crippen LogP contribution is -2.09. The quantitative estimate of drug-likeness (QED) is 0.242. The van der Waals surface area contributed by atoms with Gasteiger partial charge in [0.15, 0.2) is 5.16 Å². The molecule has 7 nitrogen and oxygen atoms in total. The fraction of sp³-hybridized carbons (Fsp3) is 0.150. The maximum absolute atomic E-state index is 12.5. The maximum Gasteiger partial charge on any atom is 0.335 e. The number of H-pyrrole nitrogens is 1. The number of hydrogen-bond acceptors (Lipinski definition) is 7. The molecule has 29 heavy (non-hydrogen) atoms. The number of aromatic amines is 1. The molecule has 3 heterocycles. The molecule has 4 aromatic rings. The van der Waals surface area contributed by atoms with Crippen molar-refractivity contribution in [2.75, 3.05) is 12.4 Å². The number of thiophene rings is 1. The summed E-state index contributed by atoms with van der Waals surface area (Å²) in [6.07, 6.45) is 2.32. The van der Waals surface area contributed by atoms with E-state index in [1.54, 1.807) is 24.5 Å². The molecule has 1 aromatic carbocycles. The maximum atomic E-state index is 12.5. The summed E-state index contributed by atoms with van der Waals surface area (Å²) in [5.74, 6) is 1.03. The fourth-order valence-corrected chi connectivity index (χ4v) is 4.48. The summed E-state index contributed by atoms with van der Waals surface area (Å²) in [7, 11) is 0. The molecule has 0 saturated heterocycles. The third-order valence-corrected chi connectivity index (χ3v) is 5.94. The van der Waals surface area contributed by atoms with Gasteiger partial charge in [-0.05, 0) is 42.8 Å².